The summed E-state index contributed by atoms with van der Waals surface area (Å²) in [5, 5.41) is 0. The molecule has 0 spiro atoms. The molecule has 1 saturated heterocycles. The van der Waals surface area contributed by atoms with Crippen molar-refractivity contribution in [2.75, 3.05) is 13.7 Å². The van der Waals surface area contributed by atoms with Crippen LogP contribution in [0.15, 0.2) is 16.9 Å². The molecule has 0 bridgehead atoms. The molecule has 0 aromatic carbocycles. The first-order valence-electron chi connectivity index (χ1n) is 10.4. The van der Waals surface area contributed by atoms with Gasteiger partial charge in [0.1, 0.15) is 17.9 Å². The van der Waals surface area contributed by atoms with Crippen molar-refractivity contribution in [3.63, 3.8) is 0 Å². The van der Waals surface area contributed by atoms with Crippen LogP contribution in [0.2, 0.25) is 0 Å². The van der Waals surface area contributed by atoms with Gasteiger partial charge in [0.25, 0.3) is 0 Å². The van der Waals surface area contributed by atoms with Gasteiger partial charge in [0.05, 0.1) is 18.6 Å². The summed E-state index contributed by atoms with van der Waals surface area (Å²) in [6.45, 7) is 0.954. The third-order valence-corrected chi connectivity index (χ3v) is 9.47. The first kappa shape index (κ1) is 31.3. The van der Waals surface area contributed by atoms with Gasteiger partial charge in [0.2, 0.25) is 0 Å². The number of phosphoric ester groups is 1. The van der Waals surface area contributed by atoms with Crippen molar-refractivity contribution in [2.45, 2.75) is 44.3 Å². The minimum Gasteiger partial charge on any atom is -0.397 e. The lowest BCUT2D eigenvalue weighted by molar-refractivity contribution is -0.0587. The van der Waals surface area contributed by atoms with Gasteiger partial charge in [-0.15, -0.1) is 9.42 Å². The summed E-state index contributed by atoms with van der Waals surface area (Å²) in [5.41, 5.74) is 7.88. The molecular formula is C15H25N4O15P4+. The van der Waals surface area contributed by atoms with Gasteiger partial charge in [-0.1, -0.05) is 6.92 Å². The van der Waals surface area contributed by atoms with Crippen LogP contribution in [0.25, 0.3) is 5.70 Å². The number of methoxy groups -OCH3 is 1. The van der Waals surface area contributed by atoms with Gasteiger partial charge in [0, 0.05) is 24.3 Å². The molecule has 1 fully saturated rings. The van der Waals surface area contributed by atoms with E-state index < -0.39 is 62.9 Å². The quantitative estimate of drug-likeness (QED) is 0.179. The highest BCUT2D eigenvalue weighted by atomic mass is 31.3. The van der Waals surface area contributed by atoms with Gasteiger partial charge in [0.15, 0.2) is 18.1 Å². The van der Waals surface area contributed by atoms with Gasteiger partial charge in [-0.2, -0.15) is 8.62 Å². The van der Waals surface area contributed by atoms with E-state index in [1.807, 2.05) is 6.92 Å². The predicted molar refractivity (Wildman–Crippen MR) is 126 cm³/mol. The molecule has 3 rings (SSSR count). The Morgan fingerprint density at radius 1 is 1.18 bits per heavy atom. The second-order valence-electron chi connectivity index (χ2n) is 7.67. The highest BCUT2D eigenvalue weighted by Crippen LogP contribution is 2.66. The van der Waals surface area contributed by atoms with Crippen molar-refractivity contribution in [1.82, 2.24) is 9.55 Å². The molecule has 23 heteroatoms. The van der Waals surface area contributed by atoms with Crippen LogP contribution in [0.4, 0.5) is 5.82 Å². The number of hydrogen-bond donors (Lipinski definition) is 6. The SMILES string of the molecule is CCC1=C(N)c2ncn([C@@H]3O[C@H](COP(=O)(O)OP(=O)(O)OP(=O)(O)O)[C@@H](O[P+](=O)O)[C@H]3OC)c2N=CC1. The van der Waals surface area contributed by atoms with Crippen LogP contribution in [-0.4, -0.2) is 72.3 Å². The van der Waals surface area contributed by atoms with Crippen LogP contribution in [-0.2, 0) is 45.4 Å². The van der Waals surface area contributed by atoms with Gasteiger partial charge >= 0.3 is 31.7 Å². The molecule has 7 N–H and O–H groups in total. The van der Waals surface area contributed by atoms with Crippen LogP contribution in [0.3, 0.4) is 0 Å². The third-order valence-electron chi connectivity index (χ3n) is 5.24. The van der Waals surface area contributed by atoms with E-state index in [1.54, 1.807) is 6.21 Å². The number of imidazole rings is 1. The molecule has 2 aliphatic heterocycles. The van der Waals surface area contributed by atoms with Crippen molar-refractivity contribution in [2.24, 2.45) is 10.7 Å². The van der Waals surface area contributed by atoms with E-state index in [-0.39, 0.29) is 5.82 Å². The molecule has 214 valence electrons. The highest BCUT2D eigenvalue weighted by Gasteiger charge is 2.53. The molecule has 3 heterocycles. The van der Waals surface area contributed by atoms with Crippen LogP contribution < -0.4 is 5.73 Å². The zero-order chi connectivity index (χ0) is 28.5. The Hall–Kier alpha value is -1.23. The number of nitrogens with zero attached hydrogens (tertiary/aromatic N) is 3. The monoisotopic (exact) mass is 625 g/mol. The number of rotatable bonds is 12. The van der Waals surface area contributed by atoms with Gasteiger partial charge in [-0.05, 0) is 12.0 Å². The molecule has 0 saturated carbocycles. The lowest BCUT2D eigenvalue weighted by Crippen LogP contribution is -2.36. The van der Waals surface area contributed by atoms with E-state index in [0.717, 1.165) is 5.57 Å². The van der Waals surface area contributed by atoms with E-state index in [0.29, 0.717) is 24.2 Å². The number of phosphoric acid groups is 3. The van der Waals surface area contributed by atoms with Crippen LogP contribution >= 0.6 is 31.7 Å². The van der Waals surface area contributed by atoms with Gasteiger partial charge < -0.3 is 34.8 Å². The van der Waals surface area contributed by atoms with Crippen molar-refractivity contribution < 1.29 is 69.9 Å². The normalized spacial score (nSPS) is 27.5. The largest absolute Gasteiger partial charge is 0.695 e. The number of hydrogen-bond acceptors (Lipinski definition) is 13. The average Bonchev–Trinajstić information content (AvgIpc) is 3.28. The minimum absolute atomic E-state index is 0.263. The standard InChI is InChI=1S/C15H24N4O15P4/c1-3-8-4-5-17-14-11(10(8)16)18-7-19(14)15-13(29-2)12(32-35(20)21)9(31-15)6-30-37(25,26)34-38(27,28)33-36(22,23)24/h5,7,9,12-13,15H,3-4,6,16H2,1-2H3,(H4-,20,21,22,23,24,25,26,27,28)/p+1/t9-,12-,13-,15-/m1/s1. The molecule has 3 unspecified atom stereocenters. The number of aliphatic imine (C=N–C) groups is 1. The molecule has 0 amide bonds. The maximum absolute atomic E-state index is 12.1. The Bertz CT molecular complexity index is 1260. The lowest BCUT2D eigenvalue weighted by atomic mass is 10.1. The molecule has 38 heavy (non-hydrogen) atoms. The molecular weight excluding hydrogens is 600 g/mol. The van der Waals surface area contributed by atoms with E-state index in [2.05, 4.69) is 23.1 Å². The van der Waals surface area contributed by atoms with E-state index in [1.165, 1.54) is 18.0 Å². The Kier molecular flexibility index (Phi) is 9.97. The molecule has 19 nitrogen and oxygen atoms in total. The topological polar surface area (TPSA) is 281 Å². The smallest absolute Gasteiger partial charge is 0.397 e. The van der Waals surface area contributed by atoms with Crippen LogP contribution in [0.5, 0.6) is 0 Å². The number of ether oxygens (including phenoxy) is 2. The molecule has 1 aromatic rings. The van der Waals surface area contributed by atoms with Gasteiger partial charge in [-0.25, -0.2) is 23.7 Å². The predicted octanol–water partition coefficient (Wildman–Crippen LogP) is 1.36. The van der Waals surface area contributed by atoms with Crippen LogP contribution in [0, 0.1) is 0 Å². The highest BCUT2D eigenvalue weighted by molar-refractivity contribution is 7.66. The van der Waals surface area contributed by atoms with Crippen molar-refractivity contribution in [3.05, 3.63) is 17.6 Å². The molecule has 2 aliphatic rings. The summed E-state index contributed by atoms with van der Waals surface area (Å²) >= 11 is 0. The first-order chi connectivity index (χ1) is 17.6. The van der Waals surface area contributed by atoms with Crippen molar-refractivity contribution >= 4 is 49.5 Å². The van der Waals surface area contributed by atoms with Crippen molar-refractivity contribution in [1.29, 1.82) is 0 Å². The fourth-order valence-corrected chi connectivity index (χ4v) is 7.23. The van der Waals surface area contributed by atoms with Gasteiger partial charge in [-0.3, -0.25) is 9.09 Å². The maximum Gasteiger partial charge on any atom is 0.695 e. The van der Waals surface area contributed by atoms with Crippen LogP contribution in [0.1, 0.15) is 31.7 Å². The van der Waals surface area contributed by atoms with E-state index >= 15 is 0 Å². The zero-order valence-corrected chi connectivity index (χ0v) is 23.2. The number of aromatic nitrogens is 2. The second-order valence-corrected chi connectivity index (χ2v) is 12.8. The molecule has 0 aliphatic carbocycles. The summed E-state index contributed by atoms with van der Waals surface area (Å²) < 4.78 is 75.6. The fourth-order valence-electron chi connectivity index (χ4n) is 3.73. The Labute approximate surface area is 215 Å². The summed E-state index contributed by atoms with van der Waals surface area (Å²) in [6.07, 6.45) is -1.11. The number of allylic oxidation sites excluding steroid dienone is 1. The van der Waals surface area contributed by atoms with E-state index in [4.69, 9.17) is 29.5 Å². The molecule has 7 atom stereocenters. The first-order valence-corrected chi connectivity index (χ1v) is 16.1. The number of fused-ring (bicyclic) bond motifs is 1. The maximum atomic E-state index is 12.1. The minimum atomic E-state index is -5.76. The van der Waals surface area contributed by atoms with E-state index in [9.17, 15) is 32.9 Å². The Morgan fingerprint density at radius 3 is 2.45 bits per heavy atom. The second kappa shape index (κ2) is 12.1. The lowest BCUT2D eigenvalue weighted by Gasteiger charge is -2.20. The summed E-state index contributed by atoms with van der Waals surface area (Å²) in [6, 6.07) is 0. The number of nitrogens with two attached hydrogens (primary N) is 1. The summed E-state index contributed by atoms with van der Waals surface area (Å²) in [4.78, 5) is 54.3. The Balaban J connectivity index is 1.86. The molecule has 1 aromatic heterocycles. The average molecular weight is 625 g/mol. The summed E-state index contributed by atoms with van der Waals surface area (Å²) in [5.74, 6) is 0.263. The zero-order valence-electron chi connectivity index (χ0n) is 19.6. The third kappa shape index (κ3) is 7.70. The van der Waals surface area contributed by atoms with Crippen molar-refractivity contribution in [3.8, 4) is 0 Å². The Morgan fingerprint density at radius 2 is 1.87 bits per heavy atom. The molecule has 0 radical (unpaired) electrons. The fraction of sp³-hybridized carbons (Fsp3) is 0.600. The summed E-state index contributed by atoms with van der Waals surface area (Å²) in [7, 11) is -18.9.